The van der Waals surface area contributed by atoms with Crippen molar-refractivity contribution in [2.45, 2.75) is 51.9 Å². The molecule has 0 aliphatic heterocycles. The maximum absolute atomic E-state index is 14.0. The first-order valence-corrected chi connectivity index (χ1v) is 12.1. The minimum Gasteiger partial charge on any atom is -0.507 e. The van der Waals surface area contributed by atoms with Crippen LogP contribution in [-0.2, 0) is 5.41 Å². The van der Waals surface area contributed by atoms with E-state index in [1.54, 1.807) is 20.3 Å². The first-order chi connectivity index (χ1) is 16.4. The van der Waals surface area contributed by atoms with Gasteiger partial charge in [-0.1, -0.05) is 38.0 Å². The maximum atomic E-state index is 14.0. The number of hydrogen-bond acceptors (Lipinski definition) is 5. The molecule has 1 spiro atoms. The number of phenolic OH excluding ortho intramolecular Hbond substituents is 1. The van der Waals surface area contributed by atoms with Crippen LogP contribution in [-0.4, -0.2) is 31.7 Å². The Labute approximate surface area is 201 Å². The number of hydrogen-bond donors (Lipinski definition) is 1. The SMILES string of the molecule is CCCCOc1cc(OC)c2c3c1C(=O)c1c(O)ccc(OC)c1C3=C[C@]21C(C)=CCCC1C. The molecule has 1 unspecified atom stereocenters. The highest BCUT2D eigenvalue weighted by molar-refractivity contribution is 6.23. The average Bonchev–Trinajstić information content (AvgIpc) is 3.18. The molecule has 0 heterocycles. The molecular weight excluding hydrogens is 428 g/mol. The number of ketones is 1. The quantitative estimate of drug-likeness (QED) is 0.351. The van der Waals surface area contributed by atoms with E-state index < -0.39 is 5.41 Å². The van der Waals surface area contributed by atoms with Crippen LogP contribution in [0.2, 0.25) is 0 Å². The Morgan fingerprint density at radius 3 is 2.50 bits per heavy atom. The summed E-state index contributed by atoms with van der Waals surface area (Å²) in [5.74, 6) is 1.83. The average molecular weight is 461 g/mol. The number of benzene rings is 2. The predicted molar refractivity (Wildman–Crippen MR) is 132 cm³/mol. The first-order valence-electron chi connectivity index (χ1n) is 12.1. The Bertz CT molecular complexity index is 1250. The van der Waals surface area contributed by atoms with E-state index in [1.165, 1.54) is 11.6 Å². The van der Waals surface area contributed by atoms with E-state index in [-0.39, 0.29) is 17.1 Å². The molecule has 5 nitrogen and oxygen atoms in total. The largest absolute Gasteiger partial charge is 0.507 e. The van der Waals surface area contributed by atoms with Crippen LogP contribution in [0.1, 0.15) is 79.1 Å². The number of methoxy groups -OCH3 is 2. The lowest BCUT2D eigenvalue weighted by Gasteiger charge is -2.40. The number of aromatic hydroxyl groups is 1. The Balaban J connectivity index is 1.91. The first kappa shape index (κ1) is 22.6. The number of ether oxygens (including phenoxy) is 3. The number of rotatable bonds is 6. The molecule has 5 heteroatoms. The van der Waals surface area contributed by atoms with Gasteiger partial charge in [-0.05, 0) is 49.8 Å². The van der Waals surface area contributed by atoms with Crippen molar-refractivity contribution in [3.8, 4) is 23.0 Å². The fraction of sp³-hybridized carbons (Fsp3) is 0.414. The van der Waals surface area contributed by atoms with Crippen molar-refractivity contribution in [3.63, 3.8) is 0 Å². The van der Waals surface area contributed by atoms with E-state index in [1.807, 2.05) is 6.07 Å². The van der Waals surface area contributed by atoms with Gasteiger partial charge in [0.1, 0.15) is 23.0 Å². The molecule has 0 bridgehead atoms. The summed E-state index contributed by atoms with van der Waals surface area (Å²) in [7, 11) is 3.27. The van der Waals surface area contributed by atoms with Crippen molar-refractivity contribution in [2.75, 3.05) is 20.8 Å². The lowest BCUT2D eigenvalue weighted by atomic mass is 9.63. The van der Waals surface area contributed by atoms with Crippen molar-refractivity contribution < 1.29 is 24.1 Å². The van der Waals surface area contributed by atoms with Crippen LogP contribution in [0.15, 0.2) is 35.9 Å². The molecule has 178 valence electrons. The maximum Gasteiger partial charge on any atom is 0.201 e. The number of fused-ring (bicyclic) bond motifs is 3. The van der Waals surface area contributed by atoms with Gasteiger partial charge in [-0.3, -0.25) is 4.79 Å². The normalized spacial score (nSPS) is 22.1. The van der Waals surface area contributed by atoms with Crippen LogP contribution >= 0.6 is 0 Å². The summed E-state index contributed by atoms with van der Waals surface area (Å²) >= 11 is 0. The third kappa shape index (κ3) is 2.88. The molecule has 1 N–H and O–H groups in total. The Kier molecular flexibility index (Phi) is 5.46. The molecule has 3 aliphatic rings. The molecule has 0 radical (unpaired) electrons. The molecule has 5 rings (SSSR count). The number of phenols is 1. The molecule has 3 aliphatic carbocycles. The Hall–Kier alpha value is -3.21. The number of carbonyl (C=O) groups excluding carboxylic acids is 1. The highest BCUT2D eigenvalue weighted by atomic mass is 16.5. The van der Waals surface area contributed by atoms with Gasteiger partial charge in [0, 0.05) is 28.2 Å². The smallest absolute Gasteiger partial charge is 0.201 e. The van der Waals surface area contributed by atoms with Gasteiger partial charge in [0.2, 0.25) is 5.78 Å². The van der Waals surface area contributed by atoms with Gasteiger partial charge in [0.15, 0.2) is 0 Å². The zero-order valence-electron chi connectivity index (χ0n) is 20.6. The van der Waals surface area contributed by atoms with Crippen molar-refractivity contribution in [1.29, 1.82) is 0 Å². The summed E-state index contributed by atoms with van der Waals surface area (Å²) in [6.07, 6.45) is 8.51. The molecule has 34 heavy (non-hydrogen) atoms. The fourth-order valence-corrected chi connectivity index (χ4v) is 6.11. The topological polar surface area (TPSA) is 65.0 Å². The highest BCUT2D eigenvalue weighted by Gasteiger charge is 2.52. The van der Waals surface area contributed by atoms with Gasteiger partial charge >= 0.3 is 0 Å². The van der Waals surface area contributed by atoms with Crippen LogP contribution in [0.4, 0.5) is 0 Å². The van der Waals surface area contributed by atoms with Gasteiger partial charge in [0.25, 0.3) is 0 Å². The molecule has 0 amide bonds. The van der Waals surface area contributed by atoms with E-state index in [0.29, 0.717) is 35.2 Å². The van der Waals surface area contributed by atoms with Crippen LogP contribution in [0.5, 0.6) is 23.0 Å². The second-order valence-electron chi connectivity index (χ2n) is 9.56. The molecule has 0 fully saturated rings. The summed E-state index contributed by atoms with van der Waals surface area (Å²) in [6, 6.07) is 5.13. The summed E-state index contributed by atoms with van der Waals surface area (Å²) in [5.41, 5.74) is 5.07. The predicted octanol–water partition coefficient (Wildman–Crippen LogP) is 6.19. The zero-order valence-corrected chi connectivity index (χ0v) is 20.6. The molecule has 2 aromatic carbocycles. The van der Waals surface area contributed by atoms with E-state index in [0.717, 1.165) is 48.1 Å². The van der Waals surface area contributed by atoms with Crippen LogP contribution in [0.3, 0.4) is 0 Å². The third-order valence-corrected chi connectivity index (χ3v) is 7.85. The summed E-state index contributed by atoms with van der Waals surface area (Å²) in [6.45, 7) is 7.05. The number of carbonyl (C=O) groups is 1. The fourth-order valence-electron chi connectivity index (χ4n) is 6.11. The molecule has 0 aromatic heterocycles. The lowest BCUT2D eigenvalue weighted by Crippen LogP contribution is -2.34. The van der Waals surface area contributed by atoms with Crippen LogP contribution in [0, 0.1) is 5.92 Å². The minimum atomic E-state index is -0.399. The zero-order chi connectivity index (χ0) is 24.2. The monoisotopic (exact) mass is 460 g/mol. The van der Waals surface area contributed by atoms with Crippen molar-refractivity contribution in [2.24, 2.45) is 5.92 Å². The van der Waals surface area contributed by atoms with E-state index in [2.05, 4.69) is 32.9 Å². The molecule has 0 saturated heterocycles. The highest BCUT2D eigenvalue weighted by Crippen LogP contribution is 2.62. The molecule has 2 aromatic rings. The van der Waals surface area contributed by atoms with Crippen LogP contribution < -0.4 is 14.2 Å². The van der Waals surface area contributed by atoms with Crippen molar-refractivity contribution in [3.05, 3.63) is 63.7 Å². The molecular formula is C29H32O5. The summed E-state index contributed by atoms with van der Waals surface area (Å²) < 4.78 is 17.8. The van der Waals surface area contributed by atoms with E-state index >= 15 is 0 Å². The van der Waals surface area contributed by atoms with Crippen molar-refractivity contribution in [1.82, 2.24) is 0 Å². The van der Waals surface area contributed by atoms with Gasteiger partial charge in [0.05, 0.1) is 32.0 Å². The standard InChI is InChI=1S/C29H32O5/c1-6-7-13-34-21-14-22(33-5)27-24-18(15-29(27)16(2)9-8-10-17(29)3)23-20(32-4)12-11-19(30)25(23)28(31)26(21)24/h9,11-12,14-15,17,30H,6-8,10,13H2,1-5H3/t17?,29-/m1/s1. The number of unbranched alkanes of at least 4 members (excludes halogenated alkanes) is 1. The van der Waals surface area contributed by atoms with Crippen molar-refractivity contribution >= 4 is 11.4 Å². The second-order valence-corrected chi connectivity index (χ2v) is 9.56. The lowest BCUT2D eigenvalue weighted by molar-refractivity contribution is 0.103. The van der Waals surface area contributed by atoms with E-state index in [9.17, 15) is 9.90 Å². The second kappa shape index (κ2) is 8.23. The van der Waals surface area contributed by atoms with Gasteiger partial charge < -0.3 is 19.3 Å². The number of allylic oxidation sites excluding steroid dienone is 3. The molecule has 0 saturated carbocycles. The Morgan fingerprint density at radius 2 is 1.82 bits per heavy atom. The molecule has 2 atom stereocenters. The van der Waals surface area contributed by atoms with Gasteiger partial charge in [-0.25, -0.2) is 0 Å². The summed E-state index contributed by atoms with van der Waals surface area (Å²) in [4.78, 5) is 14.0. The third-order valence-electron chi connectivity index (χ3n) is 7.85. The summed E-state index contributed by atoms with van der Waals surface area (Å²) in [5, 5.41) is 10.8. The van der Waals surface area contributed by atoms with Gasteiger partial charge in [-0.15, -0.1) is 0 Å². The van der Waals surface area contributed by atoms with Gasteiger partial charge in [-0.2, -0.15) is 0 Å². The van der Waals surface area contributed by atoms with E-state index in [4.69, 9.17) is 14.2 Å². The Morgan fingerprint density at radius 1 is 1.06 bits per heavy atom. The van der Waals surface area contributed by atoms with Crippen LogP contribution in [0.25, 0.3) is 5.57 Å². The minimum absolute atomic E-state index is 0.0471.